The highest BCUT2D eigenvalue weighted by molar-refractivity contribution is 7.46. The van der Waals surface area contributed by atoms with Crippen LogP contribution in [0.3, 0.4) is 0 Å². The first-order valence-corrected chi connectivity index (χ1v) is 10.7. The number of nitrogens with two attached hydrogens (primary N) is 2. The number of phosphoric acid groups is 1. The van der Waals surface area contributed by atoms with Crippen molar-refractivity contribution in [1.29, 1.82) is 0 Å². The van der Waals surface area contributed by atoms with Gasteiger partial charge in [-0.3, -0.25) is 23.7 Å². The number of ether oxygens (including phenoxy) is 1. The molecule has 0 unspecified atom stereocenters. The Bertz CT molecular complexity index is 1050. The van der Waals surface area contributed by atoms with Crippen LogP contribution in [0.2, 0.25) is 0 Å². The molecule has 0 amide bonds. The molecule has 3 rings (SSSR count). The summed E-state index contributed by atoms with van der Waals surface area (Å²) >= 11 is 0. The molecule has 3 heterocycles. The fourth-order valence-corrected chi connectivity index (χ4v) is 3.02. The Hall–Kier alpha value is -2.43. The van der Waals surface area contributed by atoms with Crippen LogP contribution in [0.5, 0.6) is 0 Å². The molecule has 0 radical (unpaired) electrons. The summed E-state index contributed by atoms with van der Waals surface area (Å²) in [7, 11) is -4.76. The smallest absolute Gasteiger partial charge is 0.469 e. The van der Waals surface area contributed by atoms with Gasteiger partial charge in [0.2, 0.25) is 5.95 Å². The summed E-state index contributed by atoms with van der Waals surface area (Å²) in [4.78, 5) is 49.2. The number of phosphoric ester groups is 1. The Labute approximate surface area is 180 Å². The predicted molar refractivity (Wildman–Crippen MR) is 107 cm³/mol. The maximum Gasteiger partial charge on any atom is 0.469 e. The van der Waals surface area contributed by atoms with Crippen molar-refractivity contribution in [2.75, 3.05) is 12.3 Å². The van der Waals surface area contributed by atoms with E-state index in [4.69, 9.17) is 31.1 Å². The molecule has 5 atom stereocenters. The van der Waals surface area contributed by atoms with Gasteiger partial charge in [-0.1, -0.05) is 13.8 Å². The Kier molecular flexibility index (Phi) is 8.08. The van der Waals surface area contributed by atoms with Crippen molar-refractivity contribution in [3.8, 4) is 0 Å². The van der Waals surface area contributed by atoms with E-state index in [9.17, 15) is 24.4 Å². The van der Waals surface area contributed by atoms with E-state index in [0.717, 1.165) is 0 Å². The number of nitrogens with one attached hydrogen (secondary N) is 1. The number of imidazole rings is 1. The molecule has 16 nitrogen and oxygen atoms in total. The van der Waals surface area contributed by atoms with Crippen LogP contribution in [-0.2, 0) is 18.6 Å². The van der Waals surface area contributed by atoms with E-state index in [2.05, 4.69) is 19.5 Å². The number of carboxylic acids is 1. The maximum atomic E-state index is 11.7. The highest BCUT2D eigenvalue weighted by Crippen LogP contribution is 2.38. The van der Waals surface area contributed by atoms with Crippen molar-refractivity contribution < 1.29 is 43.7 Å². The minimum absolute atomic E-state index is 0.0176. The van der Waals surface area contributed by atoms with Crippen LogP contribution < -0.4 is 17.0 Å². The van der Waals surface area contributed by atoms with Gasteiger partial charge in [-0.2, -0.15) is 4.98 Å². The van der Waals surface area contributed by atoms with Crippen LogP contribution in [0, 0.1) is 5.92 Å². The molecular weight excluding hydrogens is 455 g/mol. The zero-order chi connectivity index (χ0) is 24.4. The van der Waals surface area contributed by atoms with Crippen LogP contribution in [0.25, 0.3) is 11.2 Å². The number of fused-ring (bicyclic) bond motifs is 1. The quantitative estimate of drug-likeness (QED) is 0.198. The number of carboxylic acid groups (broad SMARTS) is 1. The second-order valence-electron chi connectivity index (χ2n) is 7.22. The largest absolute Gasteiger partial charge is 0.480 e. The van der Waals surface area contributed by atoms with Gasteiger partial charge in [-0.15, -0.1) is 0 Å². The SMILES string of the molecule is CC(C)[C@H](N)C(=O)O.Nc1nc2c(ncn2[C@@H]2O[C@H](COP(=O)(O)O)[C@@H](O)[C@H]2O)c(=O)[nH]1. The number of aromatic nitrogens is 4. The molecule has 0 bridgehead atoms. The second-order valence-corrected chi connectivity index (χ2v) is 8.46. The maximum absolute atomic E-state index is 11.7. The Morgan fingerprint density at radius 3 is 2.50 bits per heavy atom. The first kappa shape index (κ1) is 25.8. The Morgan fingerprint density at radius 2 is 2.00 bits per heavy atom. The summed E-state index contributed by atoms with van der Waals surface area (Å²) in [6.45, 7) is 2.90. The van der Waals surface area contributed by atoms with Gasteiger partial charge in [-0.05, 0) is 5.92 Å². The van der Waals surface area contributed by atoms with E-state index in [1.807, 2.05) is 0 Å². The van der Waals surface area contributed by atoms with Crippen LogP contribution in [0.1, 0.15) is 20.1 Å². The minimum Gasteiger partial charge on any atom is -0.480 e. The van der Waals surface area contributed by atoms with Gasteiger partial charge in [0.1, 0.15) is 24.4 Å². The fraction of sp³-hybridized carbons (Fsp3) is 0.600. The summed E-state index contributed by atoms with van der Waals surface area (Å²) in [6.07, 6.45) is -4.22. The first-order chi connectivity index (χ1) is 14.7. The lowest BCUT2D eigenvalue weighted by atomic mass is 10.1. The fourth-order valence-electron chi connectivity index (χ4n) is 2.68. The number of carbonyl (C=O) groups is 1. The molecule has 2 aromatic heterocycles. The summed E-state index contributed by atoms with van der Waals surface area (Å²) in [5.74, 6) is -1.09. The summed E-state index contributed by atoms with van der Waals surface area (Å²) in [5, 5.41) is 28.3. The number of aliphatic hydroxyl groups is 2. The molecule has 32 heavy (non-hydrogen) atoms. The number of rotatable bonds is 6. The Balaban J connectivity index is 0.000000390. The van der Waals surface area contributed by atoms with Crippen molar-refractivity contribution in [2.45, 2.75) is 44.4 Å². The number of aliphatic hydroxyl groups excluding tert-OH is 2. The number of hydrogen-bond donors (Lipinski definition) is 8. The lowest BCUT2D eigenvalue weighted by Crippen LogP contribution is -2.34. The van der Waals surface area contributed by atoms with Crippen LogP contribution in [0.4, 0.5) is 5.95 Å². The Morgan fingerprint density at radius 1 is 1.38 bits per heavy atom. The molecule has 2 aromatic rings. The average Bonchev–Trinajstić information content (AvgIpc) is 3.21. The lowest BCUT2D eigenvalue weighted by molar-refractivity contribution is -0.139. The molecule has 0 aromatic carbocycles. The number of anilines is 1. The number of aliphatic carboxylic acids is 1. The van der Waals surface area contributed by atoms with Crippen molar-refractivity contribution >= 4 is 30.9 Å². The molecule has 1 aliphatic rings. The third-order valence-electron chi connectivity index (χ3n) is 4.47. The van der Waals surface area contributed by atoms with Crippen LogP contribution in [-0.4, -0.2) is 81.6 Å². The highest BCUT2D eigenvalue weighted by Gasteiger charge is 2.45. The normalized spacial score (nSPS) is 24.4. The summed E-state index contributed by atoms with van der Waals surface area (Å²) < 4.78 is 21.6. The van der Waals surface area contributed by atoms with E-state index < -0.39 is 56.5 Å². The second kappa shape index (κ2) is 10.0. The average molecular weight is 480 g/mol. The molecule has 0 aliphatic carbocycles. The molecule has 1 aliphatic heterocycles. The van der Waals surface area contributed by atoms with Crippen LogP contribution >= 0.6 is 7.82 Å². The van der Waals surface area contributed by atoms with Gasteiger partial charge >= 0.3 is 13.8 Å². The summed E-state index contributed by atoms with van der Waals surface area (Å²) in [5.41, 5.74) is 10.0. The van der Waals surface area contributed by atoms with Crippen molar-refractivity contribution in [1.82, 2.24) is 19.5 Å². The van der Waals surface area contributed by atoms with Gasteiger partial charge in [-0.25, -0.2) is 9.55 Å². The molecule has 0 spiro atoms. The van der Waals surface area contributed by atoms with E-state index >= 15 is 0 Å². The number of H-pyrrole nitrogens is 1. The van der Waals surface area contributed by atoms with Crippen molar-refractivity contribution in [3.63, 3.8) is 0 Å². The number of aromatic amines is 1. The molecular formula is C15H25N6O10P. The molecule has 0 saturated carbocycles. The lowest BCUT2D eigenvalue weighted by Gasteiger charge is -2.16. The third-order valence-corrected chi connectivity index (χ3v) is 4.96. The zero-order valence-corrected chi connectivity index (χ0v) is 17.9. The topological polar surface area (TPSA) is 269 Å². The first-order valence-electron chi connectivity index (χ1n) is 9.15. The molecule has 180 valence electrons. The van der Waals surface area contributed by atoms with Gasteiger partial charge in [0.15, 0.2) is 17.4 Å². The van der Waals surface area contributed by atoms with Gasteiger partial charge in [0.25, 0.3) is 5.56 Å². The standard InChI is InChI=1S/C10H14N5O8P.C5H11NO2/c11-10-13-7-4(8(18)14-10)12-2-15(7)9-6(17)5(16)3(23-9)1-22-24(19,20)21;1-3(2)4(6)5(7)8/h2-3,5-6,9,16-17H,1H2,(H2,19,20,21)(H3,11,13,14,18);3-4H,6H2,1-2H3,(H,7,8)/t3-,5-,6-,9-;4-/m10/s1. The molecule has 10 N–H and O–H groups in total. The predicted octanol–water partition coefficient (Wildman–Crippen LogP) is -2.52. The van der Waals surface area contributed by atoms with Crippen molar-refractivity contribution in [2.24, 2.45) is 11.7 Å². The molecule has 1 saturated heterocycles. The third kappa shape index (κ3) is 6.08. The van der Waals surface area contributed by atoms with E-state index in [0.29, 0.717) is 0 Å². The van der Waals surface area contributed by atoms with E-state index in [1.165, 1.54) is 10.9 Å². The van der Waals surface area contributed by atoms with E-state index in [-0.39, 0.29) is 23.0 Å². The number of hydrogen-bond acceptors (Lipinski definition) is 11. The van der Waals surface area contributed by atoms with Gasteiger partial charge in [0.05, 0.1) is 12.9 Å². The van der Waals surface area contributed by atoms with Crippen LogP contribution in [0.15, 0.2) is 11.1 Å². The van der Waals surface area contributed by atoms with Crippen molar-refractivity contribution in [3.05, 3.63) is 16.7 Å². The highest BCUT2D eigenvalue weighted by atomic mass is 31.2. The summed E-state index contributed by atoms with van der Waals surface area (Å²) in [6, 6.07) is -0.713. The molecule has 17 heteroatoms. The zero-order valence-electron chi connectivity index (χ0n) is 17.0. The number of nitrogens with zero attached hydrogens (tertiary/aromatic N) is 3. The van der Waals surface area contributed by atoms with E-state index in [1.54, 1.807) is 13.8 Å². The minimum atomic E-state index is -4.76. The molecule has 1 fully saturated rings. The van der Waals surface area contributed by atoms with Gasteiger partial charge < -0.3 is 41.3 Å². The number of nitrogen functional groups attached to an aromatic ring is 1. The monoisotopic (exact) mass is 480 g/mol. The van der Waals surface area contributed by atoms with Gasteiger partial charge in [0, 0.05) is 0 Å².